The summed E-state index contributed by atoms with van der Waals surface area (Å²) < 4.78 is 10.8. The molecule has 0 atom stereocenters. The molecule has 1 N–H and O–H groups in total. The lowest BCUT2D eigenvalue weighted by Gasteiger charge is -2.12. The molecule has 120 valence electrons. The van der Waals surface area contributed by atoms with Crippen LogP contribution in [0.2, 0.25) is 5.02 Å². The number of hydrogen-bond acceptors (Lipinski definition) is 4. The summed E-state index contributed by atoms with van der Waals surface area (Å²) in [5.74, 6) is 0.593. The minimum Gasteiger partial charge on any atom is -0.492 e. The van der Waals surface area contributed by atoms with Crippen LogP contribution in [-0.4, -0.2) is 25.4 Å². The molecular formula is C17H16ClNO4. The monoisotopic (exact) mass is 333 g/mol. The van der Waals surface area contributed by atoms with E-state index in [2.05, 4.69) is 5.32 Å². The van der Waals surface area contributed by atoms with Crippen molar-refractivity contribution < 1.29 is 19.1 Å². The van der Waals surface area contributed by atoms with Crippen molar-refractivity contribution in [1.82, 2.24) is 0 Å². The molecule has 0 aliphatic rings. The van der Waals surface area contributed by atoms with Crippen molar-refractivity contribution in [1.29, 1.82) is 0 Å². The Kier molecular flexibility index (Phi) is 6.00. The van der Waals surface area contributed by atoms with E-state index in [-0.39, 0.29) is 17.5 Å². The van der Waals surface area contributed by atoms with Crippen LogP contribution in [0.3, 0.4) is 0 Å². The summed E-state index contributed by atoms with van der Waals surface area (Å²) in [6.45, 7) is 2.16. The van der Waals surface area contributed by atoms with E-state index in [9.17, 15) is 9.59 Å². The third-order valence-electron chi connectivity index (χ3n) is 2.91. The number of amides is 1. The van der Waals surface area contributed by atoms with Gasteiger partial charge in [-0.15, -0.1) is 0 Å². The number of ether oxygens (including phenoxy) is 2. The Hall–Kier alpha value is -2.53. The fourth-order valence-corrected chi connectivity index (χ4v) is 2.13. The number of carbonyl (C=O) groups is 2. The van der Waals surface area contributed by atoms with Crippen LogP contribution in [0.5, 0.6) is 11.5 Å². The van der Waals surface area contributed by atoms with Gasteiger partial charge in [0, 0.05) is 5.56 Å². The van der Waals surface area contributed by atoms with Gasteiger partial charge in [0.15, 0.2) is 6.61 Å². The molecule has 1 amide bonds. The number of benzene rings is 2. The number of para-hydroxylation sites is 2. The number of aldehydes is 1. The minimum atomic E-state index is -0.340. The van der Waals surface area contributed by atoms with Crippen LogP contribution in [0.1, 0.15) is 17.3 Å². The SMILES string of the molecule is CCOc1ccccc1NC(=O)COc1ccc(C=O)cc1Cl. The molecule has 0 aliphatic carbocycles. The first-order valence-electron chi connectivity index (χ1n) is 7.03. The first-order chi connectivity index (χ1) is 11.1. The fraction of sp³-hybridized carbons (Fsp3) is 0.176. The lowest BCUT2D eigenvalue weighted by molar-refractivity contribution is -0.118. The van der Waals surface area contributed by atoms with Crippen LogP contribution in [0.25, 0.3) is 0 Å². The van der Waals surface area contributed by atoms with E-state index < -0.39 is 0 Å². The van der Waals surface area contributed by atoms with E-state index in [0.717, 1.165) is 0 Å². The van der Waals surface area contributed by atoms with Crippen LogP contribution in [0, 0.1) is 0 Å². The Labute approximate surface area is 139 Å². The molecule has 2 aromatic carbocycles. The van der Waals surface area contributed by atoms with Crippen LogP contribution >= 0.6 is 11.6 Å². The molecule has 23 heavy (non-hydrogen) atoms. The maximum absolute atomic E-state index is 12.0. The van der Waals surface area contributed by atoms with E-state index in [0.29, 0.717) is 35.6 Å². The van der Waals surface area contributed by atoms with E-state index >= 15 is 0 Å². The van der Waals surface area contributed by atoms with E-state index in [1.54, 1.807) is 30.3 Å². The molecule has 2 rings (SSSR count). The molecule has 0 bridgehead atoms. The third kappa shape index (κ3) is 4.72. The summed E-state index contributed by atoms with van der Waals surface area (Å²) in [6, 6.07) is 11.7. The second-order valence-corrected chi connectivity index (χ2v) is 4.98. The highest BCUT2D eigenvalue weighted by atomic mass is 35.5. The van der Waals surface area contributed by atoms with E-state index in [4.69, 9.17) is 21.1 Å². The lowest BCUT2D eigenvalue weighted by Crippen LogP contribution is -2.20. The van der Waals surface area contributed by atoms with Gasteiger partial charge in [0.25, 0.3) is 5.91 Å². The molecule has 5 nitrogen and oxygen atoms in total. The highest BCUT2D eigenvalue weighted by molar-refractivity contribution is 6.32. The predicted molar refractivity (Wildman–Crippen MR) is 88.6 cm³/mol. The fourth-order valence-electron chi connectivity index (χ4n) is 1.89. The molecule has 0 saturated heterocycles. The second-order valence-electron chi connectivity index (χ2n) is 4.57. The van der Waals surface area contributed by atoms with Gasteiger partial charge in [-0.05, 0) is 37.3 Å². The zero-order valence-corrected chi connectivity index (χ0v) is 13.3. The zero-order valence-electron chi connectivity index (χ0n) is 12.5. The van der Waals surface area contributed by atoms with Crippen molar-refractivity contribution >= 4 is 29.5 Å². The van der Waals surface area contributed by atoms with Gasteiger partial charge in [-0.3, -0.25) is 9.59 Å². The first kappa shape index (κ1) is 16.8. The van der Waals surface area contributed by atoms with Gasteiger partial charge < -0.3 is 14.8 Å². The van der Waals surface area contributed by atoms with Gasteiger partial charge in [0.1, 0.15) is 17.8 Å². The van der Waals surface area contributed by atoms with Gasteiger partial charge in [-0.25, -0.2) is 0 Å². The molecule has 0 unspecified atom stereocenters. The molecule has 0 saturated carbocycles. The third-order valence-corrected chi connectivity index (χ3v) is 3.21. The topological polar surface area (TPSA) is 64.6 Å². The van der Waals surface area contributed by atoms with Crippen molar-refractivity contribution in [2.45, 2.75) is 6.92 Å². The van der Waals surface area contributed by atoms with Gasteiger partial charge in [0.2, 0.25) is 0 Å². The normalized spacial score (nSPS) is 10.0. The van der Waals surface area contributed by atoms with Crippen molar-refractivity contribution in [2.75, 3.05) is 18.5 Å². The molecule has 2 aromatic rings. The Morgan fingerprint density at radius 1 is 1.17 bits per heavy atom. The van der Waals surface area contributed by atoms with Gasteiger partial charge in [-0.2, -0.15) is 0 Å². The quantitative estimate of drug-likeness (QED) is 0.787. The van der Waals surface area contributed by atoms with Crippen LogP contribution in [-0.2, 0) is 4.79 Å². The van der Waals surface area contributed by atoms with Crippen LogP contribution < -0.4 is 14.8 Å². The number of anilines is 1. The Bertz CT molecular complexity index is 703. The number of carbonyl (C=O) groups excluding carboxylic acids is 2. The van der Waals surface area contributed by atoms with Gasteiger partial charge in [0.05, 0.1) is 17.3 Å². The summed E-state index contributed by atoms with van der Waals surface area (Å²) in [5.41, 5.74) is 1.02. The smallest absolute Gasteiger partial charge is 0.262 e. The lowest BCUT2D eigenvalue weighted by atomic mass is 10.2. The molecule has 0 heterocycles. The molecule has 0 spiro atoms. The minimum absolute atomic E-state index is 0.208. The second kappa shape index (κ2) is 8.19. The first-order valence-corrected chi connectivity index (χ1v) is 7.41. The van der Waals surface area contributed by atoms with Crippen LogP contribution in [0.15, 0.2) is 42.5 Å². The number of hydrogen-bond donors (Lipinski definition) is 1. The van der Waals surface area contributed by atoms with Crippen molar-refractivity contribution in [2.24, 2.45) is 0 Å². The average Bonchev–Trinajstić information content (AvgIpc) is 2.55. The highest BCUT2D eigenvalue weighted by Crippen LogP contribution is 2.26. The van der Waals surface area contributed by atoms with Gasteiger partial charge in [-0.1, -0.05) is 23.7 Å². The number of rotatable bonds is 7. The number of halogens is 1. The maximum Gasteiger partial charge on any atom is 0.262 e. The largest absolute Gasteiger partial charge is 0.492 e. The Morgan fingerprint density at radius 2 is 1.96 bits per heavy atom. The molecule has 0 radical (unpaired) electrons. The standard InChI is InChI=1S/C17H16ClNO4/c1-2-22-16-6-4-3-5-14(16)19-17(21)11-23-15-8-7-12(10-20)9-13(15)18/h3-10H,2,11H2,1H3,(H,19,21). The summed E-state index contributed by atoms with van der Waals surface area (Å²) in [7, 11) is 0. The maximum atomic E-state index is 12.0. The Morgan fingerprint density at radius 3 is 2.65 bits per heavy atom. The summed E-state index contributed by atoms with van der Waals surface area (Å²) in [4.78, 5) is 22.6. The Balaban J connectivity index is 1.97. The summed E-state index contributed by atoms with van der Waals surface area (Å²) >= 11 is 5.98. The molecular weight excluding hydrogens is 318 g/mol. The molecule has 0 aromatic heterocycles. The molecule has 0 fully saturated rings. The number of nitrogens with one attached hydrogen (secondary N) is 1. The van der Waals surface area contributed by atoms with E-state index in [1.165, 1.54) is 6.07 Å². The van der Waals surface area contributed by atoms with Crippen LogP contribution in [0.4, 0.5) is 5.69 Å². The van der Waals surface area contributed by atoms with Crippen molar-refractivity contribution in [3.63, 3.8) is 0 Å². The summed E-state index contributed by atoms with van der Waals surface area (Å²) in [6.07, 6.45) is 0.688. The summed E-state index contributed by atoms with van der Waals surface area (Å²) in [5, 5.41) is 2.99. The average molecular weight is 334 g/mol. The molecule has 0 aliphatic heterocycles. The van der Waals surface area contributed by atoms with Crippen molar-refractivity contribution in [3.8, 4) is 11.5 Å². The van der Waals surface area contributed by atoms with Crippen molar-refractivity contribution in [3.05, 3.63) is 53.1 Å². The predicted octanol–water partition coefficient (Wildman–Crippen LogP) is 3.57. The van der Waals surface area contributed by atoms with E-state index in [1.807, 2.05) is 13.0 Å². The highest BCUT2D eigenvalue weighted by Gasteiger charge is 2.09. The molecule has 6 heteroatoms. The van der Waals surface area contributed by atoms with Gasteiger partial charge >= 0.3 is 0 Å². The zero-order chi connectivity index (χ0) is 16.7.